The van der Waals surface area contributed by atoms with Crippen LogP contribution in [0, 0.1) is 6.92 Å². The molecule has 1 aromatic carbocycles. The molecule has 0 saturated carbocycles. The lowest BCUT2D eigenvalue weighted by Crippen LogP contribution is -2.37. The van der Waals surface area contributed by atoms with Crippen LogP contribution in [0.4, 0.5) is 0 Å². The number of benzene rings is 1. The van der Waals surface area contributed by atoms with Gasteiger partial charge in [-0.25, -0.2) is 0 Å². The Morgan fingerprint density at radius 1 is 0.870 bits per heavy atom. The van der Waals surface area contributed by atoms with E-state index in [4.69, 9.17) is 9.47 Å². The van der Waals surface area contributed by atoms with Crippen molar-refractivity contribution < 1.29 is 19.7 Å². The zero-order chi connectivity index (χ0) is 16.2. The van der Waals surface area contributed by atoms with Gasteiger partial charge in [0.15, 0.2) is 0 Å². The summed E-state index contributed by atoms with van der Waals surface area (Å²) in [6, 6.07) is 1.66. The van der Waals surface area contributed by atoms with Gasteiger partial charge in [0.25, 0.3) is 0 Å². The summed E-state index contributed by atoms with van der Waals surface area (Å²) in [6.45, 7) is 9.40. The predicted molar refractivity (Wildman–Crippen MR) is 86.7 cm³/mol. The van der Waals surface area contributed by atoms with Crippen LogP contribution in [0.2, 0.25) is 0 Å². The number of ether oxygens (including phenoxy) is 2. The van der Waals surface area contributed by atoms with E-state index in [2.05, 4.69) is 9.80 Å². The number of morpholine rings is 2. The number of rotatable bonds is 4. The highest BCUT2D eigenvalue weighted by Crippen LogP contribution is 2.34. The summed E-state index contributed by atoms with van der Waals surface area (Å²) in [5.41, 5.74) is 2.40. The lowest BCUT2D eigenvalue weighted by molar-refractivity contribution is 0.0304. The van der Waals surface area contributed by atoms with Crippen LogP contribution in [0.5, 0.6) is 11.5 Å². The minimum absolute atomic E-state index is 0.273. The Balaban J connectivity index is 1.84. The van der Waals surface area contributed by atoms with Gasteiger partial charge in [0, 0.05) is 50.4 Å². The average Bonchev–Trinajstić information content (AvgIpc) is 2.58. The predicted octanol–water partition coefficient (Wildman–Crippen LogP) is 1.07. The monoisotopic (exact) mass is 322 g/mol. The molecule has 0 bridgehead atoms. The maximum absolute atomic E-state index is 10.6. The van der Waals surface area contributed by atoms with E-state index in [1.807, 2.05) is 6.92 Å². The highest BCUT2D eigenvalue weighted by Gasteiger charge is 2.22. The van der Waals surface area contributed by atoms with Crippen molar-refractivity contribution in [1.82, 2.24) is 9.80 Å². The fourth-order valence-electron chi connectivity index (χ4n) is 3.21. The number of nitrogens with zero attached hydrogens (tertiary/aromatic N) is 2. The van der Waals surface area contributed by atoms with Gasteiger partial charge in [0.05, 0.1) is 26.4 Å². The Kier molecular flexibility index (Phi) is 5.38. The first-order valence-electron chi connectivity index (χ1n) is 8.28. The Bertz CT molecular complexity index is 538. The molecule has 2 aliphatic heterocycles. The van der Waals surface area contributed by atoms with Crippen molar-refractivity contribution in [2.24, 2.45) is 0 Å². The Labute approximate surface area is 137 Å². The van der Waals surface area contributed by atoms with Gasteiger partial charge in [0.1, 0.15) is 11.5 Å². The van der Waals surface area contributed by atoms with Crippen molar-refractivity contribution in [1.29, 1.82) is 0 Å². The second-order valence-corrected chi connectivity index (χ2v) is 6.30. The van der Waals surface area contributed by atoms with Crippen molar-refractivity contribution in [3.8, 4) is 11.5 Å². The molecule has 23 heavy (non-hydrogen) atoms. The quantitative estimate of drug-likeness (QED) is 0.809. The number of aromatic hydroxyl groups is 2. The maximum atomic E-state index is 10.6. The lowest BCUT2D eigenvalue weighted by Gasteiger charge is -2.31. The van der Waals surface area contributed by atoms with Crippen LogP contribution in [-0.4, -0.2) is 72.6 Å². The molecule has 2 heterocycles. The average molecular weight is 322 g/mol. The molecular formula is C17H26N2O4. The van der Waals surface area contributed by atoms with E-state index in [-0.39, 0.29) is 5.75 Å². The highest BCUT2D eigenvalue weighted by molar-refractivity contribution is 5.52. The first-order valence-corrected chi connectivity index (χ1v) is 8.28. The number of hydrogen-bond acceptors (Lipinski definition) is 6. The van der Waals surface area contributed by atoms with Crippen LogP contribution in [-0.2, 0) is 22.6 Å². The Morgan fingerprint density at radius 2 is 1.35 bits per heavy atom. The molecular weight excluding hydrogens is 296 g/mol. The number of hydrogen-bond donors (Lipinski definition) is 2. The van der Waals surface area contributed by atoms with Gasteiger partial charge >= 0.3 is 0 Å². The summed E-state index contributed by atoms with van der Waals surface area (Å²) in [5, 5.41) is 21.0. The number of phenols is 2. The van der Waals surface area contributed by atoms with Crippen molar-refractivity contribution in [3.63, 3.8) is 0 Å². The van der Waals surface area contributed by atoms with Crippen LogP contribution in [0.1, 0.15) is 16.7 Å². The lowest BCUT2D eigenvalue weighted by atomic mass is 9.99. The smallest absolute Gasteiger partial charge is 0.123 e. The SMILES string of the molecule is Cc1cc(O)c(CN2CCOCC2)c(CN2CCOCC2)c1O. The highest BCUT2D eigenvalue weighted by atomic mass is 16.5. The third-order valence-corrected chi connectivity index (χ3v) is 4.66. The van der Waals surface area contributed by atoms with E-state index in [0.717, 1.165) is 69.3 Å². The van der Waals surface area contributed by atoms with Crippen molar-refractivity contribution in [3.05, 3.63) is 22.8 Å². The minimum atomic E-state index is 0.273. The van der Waals surface area contributed by atoms with Gasteiger partial charge in [-0.05, 0) is 18.6 Å². The summed E-state index contributed by atoms with van der Waals surface area (Å²) >= 11 is 0. The standard InChI is InChI=1S/C17H26N2O4/c1-13-10-16(20)14(11-18-2-6-22-7-3-18)15(17(13)21)12-19-4-8-23-9-5-19/h10,20-21H,2-9,11-12H2,1H3. The fourth-order valence-corrected chi connectivity index (χ4v) is 3.21. The van der Waals surface area contributed by atoms with Crippen molar-refractivity contribution >= 4 is 0 Å². The molecule has 6 nitrogen and oxygen atoms in total. The van der Waals surface area contributed by atoms with Gasteiger partial charge in [-0.2, -0.15) is 0 Å². The minimum Gasteiger partial charge on any atom is -0.508 e. The molecule has 0 amide bonds. The normalized spacial score (nSPS) is 20.7. The zero-order valence-electron chi connectivity index (χ0n) is 13.8. The van der Waals surface area contributed by atoms with Crippen LogP contribution < -0.4 is 0 Å². The molecule has 0 radical (unpaired) electrons. The summed E-state index contributed by atoms with van der Waals surface area (Å²) < 4.78 is 10.8. The van der Waals surface area contributed by atoms with Crippen LogP contribution in [0.25, 0.3) is 0 Å². The van der Waals surface area contributed by atoms with Gasteiger partial charge in [-0.3, -0.25) is 9.80 Å². The second-order valence-electron chi connectivity index (χ2n) is 6.30. The Hall–Kier alpha value is -1.34. The van der Waals surface area contributed by atoms with Gasteiger partial charge in [-0.1, -0.05) is 0 Å². The van der Waals surface area contributed by atoms with E-state index in [1.165, 1.54) is 0 Å². The molecule has 0 aromatic heterocycles. The molecule has 6 heteroatoms. The van der Waals surface area contributed by atoms with E-state index < -0.39 is 0 Å². The van der Waals surface area contributed by atoms with Crippen LogP contribution in [0.3, 0.4) is 0 Å². The molecule has 2 saturated heterocycles. The first kappa shape index (κ1) is 16.5. The summed E-state index contributed by atoms with van der Waals surface area (Å²) in [7, 11) is 0. The topological polar surface area (TPSA) is 65.4 Å². The van der Waals surface area contributed by atoms with Crippen LogP contribution >= 0.6 is 0 Å². The van der Waals surface area contributed by atoms with Gasteiger partial charge in [-0.15, -0.1) is 0 Å². The largest absolute Gasteiger partial charge is 0.508 e. The van der Waals surface area contributed by atoms with E-state index in [9.17, 15) is 10.2 Å². The molecule has 2 N–H and O–H groups in total. The van der Waals surface area contributed by atoms with Crippen LogP contribution in [0.15, 0.2) is 6.07 Å². The summed E-state index contributed by atoms with van der Waals surface area (Å²) in [6.07, 6.45) is 0. The molecule has 0 atom stereocenters. The third-order valence-electron chi connectivity index (χ3n) is 4.66. The fraction of sp³-hybridized carbons (Fsp3) is 0.647. The molecule has 0 spiro atoms. The van der Waals surface area contributed by atoms with Crippen molar-refractivity contribution in [2.75, 3.05) is 52.6 Å². The molecule has 3 rings (SSSR count). The van der Waals surface area contributed by atoms with Gasteiger partial charge in [0.2, 0.25) is 0 Å². The second kappa shape index (κ2) is 7.49. The maximum Gasteiger partial charge on any atom is 0.123 e. The molecule has 1 aromatic rings. The molecule has 2 aliphatic rings. The molecule has 128 valence electrons. The van der Waals surface area contributed by atoms with Crippen molar-refractivity contribution in [2.45, 2.75) is 20.0 Å². The Morgan fingerprint density at radius 3 is 1.87 bits per heavy atom. The zero-order valence-corrected chi connectivity index (χ0v) is 13.8. The molecule has 2 fully saturated rings. The number of aryl methyl sites for hydroxylation is 1. The van der Waals surface area contributed by atoms with Gasteiger partial charge < -0.3 is 19.7 Å². The third kappa shape index (κ3) is 3.95. The summed E-state index contributed by atoms with van der Waals surface area (Å²) in [5.74, 6) is 0.576. The van der Waals surface area contributed by atoms with E-state index >= 15 is 0 Å². The summed E-state index contributed by atoms with van der Waals surface area (Å²) in [4.78, 5) is 4.52. The van der Waals surface area contributed by atoms with E-state index in [1.54, 1.807) is 6.07 Å². The van der Waals surface area contributed by atoms with E-state index in [0.29, 0.717) is 18.8 Å². The molecule has 0 unspecified atom stereocenters. The number of phenolic OH excluding ortho intramolecular Hbond substituents is 2. The first-order chi connectivity index (χ1) is 11.1. The molecule has 0 aliphatic carbocycles.